The maximum Gasteiger partial charge on any atom is 0.0991 e. The van der Waals surface area contributed by atoms with E-state index in [1.54, 1.807) is 0 Å². The quantitative estimate of drug-likeness (QED) is 0.415. The van der Waals surface area contributed by atoms with E-state index in [-0.39, 0.29) is 0 Å². The predicted octanol–water partition coefficient (Wildman–Crippen LogP) is 5.87. The molecule has 4 aromatic rings. The summed E-state index contributed by atoms with van der Waals surface area (Å²) in [5.41, 5.74) is 7.21. The van der Waals surface area contributed by atoms with E-state index in [2.05, 4.69) is 53.9 Å². The van der Waals surface area contributed by atoms with Gasteiger partial charge < -0.3 is 5.32 Å². The number of benzene rings is 4. The molecule has 0 amide bonds. The number of hydrogen-bond acceptors (Lipinski definition) is 3. The highest BCUT2D eigenvalue weighted by Crippen LogP contribution is 2.53. The zero-order chi connectivity index (χ0) is 20.6. The smallest absolute Gasteiger partial charge is 0.0991 e. The number of anilines is 2. The van der Waals surface area contributed by atoms with Crippen LogP contribution in [0, 0.1) is 22.7 Å². The van der Waals surface area contributed by atoms with Crippen molar-refractivity contribution in [2.75, 3.05) is 5.32 Å². The molecule has 0 radical (unpaired) electrons. The third-order valence-electron chi connectivity index (χ3n) is 5.83. The fraction of sp³-hybridized carbons (Fsp3) is 0.0370. The molecule has 0 spiro atoms. The van der Waals surface area contributed by atoms with E-state index in [4.69, 9.17) is 0 Å². The topological polar surface area (TPSA) is 59.6 Å². The molecule has 1 N–H and O–H groups in total. The van der Waals surface area contributed by atoms with Crippen LogP contribution in [-0.4, -0.2) is 0 Å². The Balaban J connectivity index is 1.92. The first-order valence-corrected chi connectivity index (χ1v) is 9.74. The van der Waals surface area contributed by atoms with Crippen LogP contribution in [0.5, 0.6) is 0 Å². The van der Waals surface area contributed by atoms with Crippen molar-refractivity contribution in [3.8, 4) is 12.1 Å². The summed E-state index contributed by atoms with van der Waals surface area (Å²) in [5.74, 6) is 0. The van der Waals surface area contributed by atoms with Gasteiger partial charge in [-0.3, -0.25) is 0 Å². The Bertz CT molecular complexity index is 1220. The minimum Gasteiger partial charge on any atom is -0.355 e. The molecule has 3 heteroatoms. The van der Waals surface area contributed by atoms with Gasteiger partial charge in [-0.1, -0.05) is 60.7 Å². The summed E-state index contributed by atoms with van der Waals surface area (Å²) < 4.78 is 0. The van der Waals surface area contributed by atoms with Crippen molar-refractivity contribution in [3.63, 3.8) is 0 Å². The molecule has 3 nitrogen and oxygen atoms in total. The van der Waals surface area contributed by atoms with Crippen LogP contribution in [0.25, 0.3) is 0 Å². The summed E-state index contributed by atoms with van der Waals surface area (Å²) in [6.45, 7) is 0. The lowest BCUT2D eigenvalue weighted by atomic mass is 9.63. The Morgan fingerprint density at radius 2 is 0.933 bits per heavy atom. The molecule has 1 heterocycles. The summed E-state index contributed by atoms with van der Waals surface area (Å²) in [4.78, 5) is 0. The van der Waals surface area contributed by atoms with Crippen LogP contribution in [0.3, 0.4) is 0 Å². The normalized spacial score (nSPS) is 13.1. The molecule has 0 fully saturated rings. The molecule has 0 saturated carbocycles. The zero-order valence-corrected chi connectivity index (χ0v) is 16.1. The standard InChI is InChI=1S/C27H17N3/c28-17-19-9-13-21(14-10-19)27(22-15-11-20(18-29)12-16-22)23-5-1-3-7-25(23)30-26-8-4-2-6-24(26)27/h1-16,30H. The molecule has 30 heavy (non-hydrogen) atoms. The molecule has 0 saturated heterocycles. The average molecular weight is 383 g/mol. The minimum absolute atomic E-state index is 0.569. The van der Waals surface area contributed by atoms with Crippen molar-refractivity contribution in [2.24, 2.45) is 0 Å². The van der Waals surface area contributed by atoms with Gasteiger partial charge in [0.25, 0.3) is 0 Å². The van der Waals surface area contributed by atoms with E-state index in [1.165, 1.54) is 0 Å². The molecule has 0 aromatic heterocycles. The Morgan fingerprint density at radius 1 is 0.533 bits per heavy atom. The van der Waals surface area contributed by atoms with Crippen molar-refractivity contribution < 1.29 is 0 Å². The second kappa shape index (κ2) is 6.92. The number of hydrogen-bond donors (Lipinski definition) is 1. The third kappa shape index (κ3) is 2.50. The minimum atomic E-state index is -0.569. The van der Waals surface area contributed by atoms with Gasteiger partial charge in [0.05, 0.1) is 28.7 Å². The largest absolute Gasteiger partial charge is 0.355 e. The molecule has 0 unspecified atom stereocenters. The zero-order valence-electron chi connectivity index (χ0n) is 16.1. The second-order valence-electron chi connectivity index (χ2n) is 7.34. The molecule has 0 aliphatic carbocycles. The van der Waals surface area contributed by atoms with Crippen LogP contribution in [0.4, 0.5) is 11.4 Å². The van der Waals surface area contributed by atoms with Crippen molar-refractivity contribution in [3.05, 3.63) is 130 Å². The molecule has 0 bridgehead atoms. The first kappa shape index (κ1) is 17.7. The molecule has 140 valence electrons. The summed E-state index contributed by atoms with van der Waals surface area (Å²) in [6.07, 6.45) is 0. The Hall–Kier alpha value is -4.34. The van der Waals surface area contributed by atoms with Crippen LogP contribution in [0.15, 0.2) is 97.1 Å². The van der Waals surface area contributed by atoms with E-state index < -0.39 is 5.41 Å². The fourth-order valence-corrected chi connectivity index (χ4v) is 4.51. The first-order valence-electron chi connectivity index (χ1n) is 9.74. The first-order chi connectivity index (χ1) is 14.8. The summed E-state index contributed by atoms with van der Waals surface area (Å²) in [7, 11) is 0. The Labute approximate surface area is 175 Å². The molecule has 5 rings (SSSR count). The van der Waals surface area contributed by atoms with Gasteiger partial charge in [-0.2, -0.15) is 10.5 Å². The van der Waals surface area contributed by atoms with Crippen LogP contribution in [-0.2, 0) is 5.41 Å². The Kier molecular flexibility index (Phi) is 4.09. The van der Waals surface area contributed by atoms with Crippen LogP contribution in [0.2, 0.25) is 0 Å². The average Bonchev–Trinajstić information content (AvgIpc) is 2.83. The Morgan fingerprint density at radius 3 is 1.33 bits per heavy atom. The number of rotatable bonds is 2. The lowest BCUT2D eigenvalue weighted by Crippen LogP contribution is -2.35. The summed E-state index contributed by atoms with van der Waals surface area (Å²) in [6, 6.07) is 36.7. The maximum absolute atomic E-state index is 9.30. The fourth-order valence-electron chi connectivity index (χ4n) is 4.51. The molecule has 1 aliphatic rings. The monoisotopic (exact) mass is 383 g/mol. The maximum atomic E-state index is 9.30. The molecular formula is C27H17N3. The summed E-state index contributed by atoms with van der Waals surface area (Å²) >= 11 is 0. The van der Waals surface area contributed by atoms with Crippen LogP contribution >= 0.6 is 0 Å². The number of fused-ring (bicyclic) bond motifs is 2. The van der Waals surface area contributed by atoms with Crippen molar-refractivity contribution in [1.82, 2.24) is 0 Å². The number of nitrogens with zero attached hydrogens (tertiary/aromatic N) is 2. The summed E-state index contributed by atoms with van der Waals surface area (Å²) in [5, 5.41) is 22.2. The second-order valence-corrected chi connectivity index (χ2v) is 7.34. The van der Waals surface area contributed by atoms with E-state index in [9.17, 15) is 10.5 Å². The van der Waals surface area contributed by atoms with Gasteiger partial charge in [-0.25, -0.2) is 0 Å². The molecule has 1 aliphatic heterocycles. The number of nitriles is 2. The highest BCUT2D eigenvalue weighted by Gasteiger charge is 2.43. The van der Waals surface area contributed by atoms with Crippen molar-refractivity contribution in [2.45, 2.75) is 5.41 Å². The van der Waals surface area contributed by atoms with Gasteiger partial charge in [0.1, 0.15) is 0 Å². The van der Waals surface area contributed by atoms with Crippen molar-refractivity contribution in [1.29, 1.82) is 10.5 Å². The van der Waals surface area contributed by atoms with Gasteiger partial charge in [-0.05, 0) is 58.7 Å². The highest BCUT2D eigenvalue weighted by molar-refractivity contribution is 5.81. The van der Waals surface area contributed by atoms with E-state index in [0.29, 0.717) is 11.1 Å². The predicted molar refractivity (Wildman–Crippen MR) is 117 cm³/mol. The van der Waals surface area contributed by atoms with Gasteiger partial charge >= 0.3 is 0 Å². The van der Waals surface area contributed by atoms with E-state index in [0.717, 1.165) is 33.6 Å². The van der Waals surface area contributed by atoms with Crippen LogP contribution < -0.4 is 5.32 Å². The van der Waals surface area contributed by atoms with Crippen molar-refractivity contribution >= 4 is 11.4 Å². The van der Waals surface area contributed by atoms with Gasteiger partial charge in [0.15, 0.2) is 0 Å². The van der Waals surface area contributed by atoms with Gasteiger partial charge in [-0.15, -0.1) is 0 Å². The highest BCUT2D eigenvalue weighted by atomic mass is 14.9. The SMILES string of the molecule is N#Cc1ccc(C2(c3ccc(C#N)cc3)c3ccccc3Nc3ccccc32)cc1. The number of nitrogens with one attached hydrogen (secondary N) is 1. The number of para-hydroxylation sites is 2. The third-order valence-corrected chi connectivity index (χ3v) is 5.83. The van der Waals surface area contributed by atoms with E-state index >= 15 is 0 Å². The van der Waals surface area contributed by atoms with E-state index in [1.807, 2.05) is 60.7 Å². The lowest BCUT2D eigenvalue weighted by molar-refractivity contribution is 0.740. The van der Waals surface area contributed by atoms with Gasteiger partial charge in [0, 0.05) is 11.4 Å². The van der Waals surface area contributed by atoms with Gasteiger partial charge in [0.2, 0.25) is 0 Å². The molecular weight excluding hydrogens is 366 g/mol. The molecule has 4 aromatic carbocycles. The lowest BCUT2D eigenvalue weighted by Gasteiger charge is -2.42. The van der Waals surface area contributed by atoms with Crippen LogP contribution in [0.1, 0.15) is 33.4 Å². The molecule has 0 atom stereocenters.